The largest absolute Gasteiger partial charge is 0.490 e. The van der Waals surface area contributed by atoms with E-state index in [0.29, 0.717) is 36.5 Å². The van der Waals surface area contributed by atoms with Crippen LogP contribution in [0.1, 0.15) is 42.0 Å². The number of fused-ring (bicyclic) bond motifs is 3. The Bertz CT molecular complexity index is 1270. The molecule has 1 heterocycles. The summed E-state index contributed by atoms with van der Waals surface area (Å²) in [6.07, 6.45) is 9.36. The van der Waals surface area contributed by atoms with E-state index in [1.165, 1.54) is 16.8 Å². The lowest BCUT2D eigenvalue weighted by Crippen LogP contribution is -2.28. The van der Waals surface area contributed by atoms with Crippen molar-refractivity contribution in [2.75, 3.05) is 18.5 Å². The van der Waals surface area contributed by atoms with Crippen LogP contribution in [0, 0.1) is 5.92 Å². The Labute approximate surface area is 215 Å². The van der Waals surface area contributed by atoms with Gasteiger partial charge in [0.05, 0.1) is 22.8 Å². The van der Waals surface area contributed by atoms with Crippen molar-refractivity contribution in [2.45, 2.75) is 25.3 Å². The monoisotopic (exact) mass is 528 g/mol. The molecule has 0 bridgehead atoms. The normalized spacial score (nSPS) is 20.2. The fraction of sp³-hybridized carbons (Fsp3) is 0.233. The van der Waals surface area contributed by atoms with Crippen LogP contribution in [-0.4, -0.2) is 19.4 Å². The van der Waals surface area contributed by atoms with E-state index in [1.807, 2.05) is 25.3 Å². The van der Waals surface area contributed by atoms with Gasteiger partial charge in [0.15, 0.2) is 11.5 Å². The summed E-state index contributed by atoms with van der Waals surface area (Å²) in [6, 6.07) is 21.5. The van der Waals surface area contributed by atoms with Crippen molar-refractivity contribution in [1.82, 2.24) is 0 Å². The smallest absolute Gasteiger partial charge is 0.175 e. The van der Waals surface area contributed by atoms with Crippen LogP contribution >= 0.6 is 15.9 Å². The molecule has 35 heavy (non-hydrogen) atoms. The van der Waals surface area contributed by atoms with Crippen LogP contribution < -0.4 is 14.8 Å². The van der Waals surface area contributed by atoms with Crippen molar-refractivity contribution in [3.8, 4) is 11.5 Å². The van der Waals surface area contributed by atoms with Crippen molar-refractivity contribution in [3.05, 3.63) is 107 Å². The molecule has 5 rings (SSSR count). The third-order valence-electron chi connectivity index (χ3n) is 6.56. The van der Waals surface area contributed by atoms with E-state index in [-0.39, 0.29) is 6.04 Å². The molecule has 5 heteroatoms. The van der Waals surface area contributed by atoms with E-state index >= 15 is 0 Å². The number of aliphatic imine (C=N–C) groups is 1. The lowest BCUT2D eigenvalue weighted by molar-refractivity contribution is 0.295. The van der Waals surface area contributed by atoms with E-state index in [2.05, 4.69) is 88.5 Å². The maximum absolute atomic E-state index is 5.79. The van der Waals surface area contributed by atoms with Crippen LogP contribution in [0.15, 0.2) is 94.9 Å². The van der Waals surface area contributed by atoms with Crippen LogP contribution in [-0.2, 0) is 0 Å². The summed E-state index contributed by atoms with van der Waals surface area (Å²) < 4.78 is 12.4. The molecule has 4 nitrogen and oxygen atoms in total. The summed E-state index contributed by atoms with van der Waals surface area (Å²) in [4.78, 5) is 4.71. The molecule has 0 aromatic heterocycles. The highest BCUT2D eigenvalue weighted by Gasteiger charge is 2.37. The molecule has 0 fully saturated rings. The van der Waals surface area contributed by atoms with E-state index in [1.54, 1.807) is 6.08 Å². The summed E-state index contributed by atoms with van der Waals surface area (Å²) in [6.45, 7) is 6.64. The van der Waals surface area contributed by atoms with Crippen LogP contribution in [0.2, 0.25) is 0 Å². The van der Waals surface area contributed by atoms with Gasteiger partial charge in [0.1, 0.15) is 6.61 Å². The zero-order valence-electron chi connectivity index (χ0n) is 19.8. The number of para-hydroxylation sites is 1. The topological polar surface area (TPSA) is 42.8 Å². The SMILES string of the molecule is C=CCOc1c(Br)cc(C=Nc2ccc([C@@H]3Nc4ccccc4[C@@H]4C=CC[C@H]43)cc2)cc1OCC. The summed E-state index contributed by atoms with van der Waals surface area (Å²) in [5.74, 6) is 2.38. The van der Waals surface area contributed by atoms with Gasteiger partial charge in [0, 0.05) is 17.8 Å². The number of nitrogens with one attached hydrogen (secondary N) is 1. The third kappa shape index (κ3) is 4.92. The molecule has 1 aliphatic carbocycles. The highest BCUT2D eigenvalue weighted by Crippen LogP contribution is 2.49. The molecule has 2 aliphatic rings. The van der Waals surface area contributed by atoms with Crippen LogP contribution in [0.5, 0.6) is 11.5 Å². The second-order valence-electron chi connectivity index (χ2n) is 8.78. The van der Waals surface area contributed by atoms with Crippen molar-refractivity contribution >= 4 is 33.5 Å². The number of nitrogens with zero attached hydrogens (tertiary/aromatic N) is 1. The van der Waals surface area contributed by atoms with Gasteiger partial charge in [-0.1, -0.05) is 55.1 Å². The average molecular weight is 529 g/mol. The summed E-state index contributed by atoms with van der Waals surface area (Å²) in [5, 5.41) is 3.79. The Morgan fingerprint density at radius 3 is 2.74 bits per heavy atom. The first-order valence-electron chi connectivity index (χ1n) is 12.0. The predicted molar refractivity (Wildman–Crippen MR) is 147 cm³/mol. The Kier molecular flexibility index (Phi) is 7.05. The number of allylic oxidation sites excluding steroid dienone is 2. The van der Waals surface area contributed by atoms with Gasteiger partial charge >= 0.3 is 0 Å². The summed E-state index contributed by atoms with van der Waals surface area (Å²) in [5.41, 5.74) is 5.78. The zero-order valence-corrected chi connectivity index (χ0v) is 21.4. The van der Waals surface area contributed by atoms with Gasteiger partial charge in [-0.3, -0.25) is 4.99 Å². The first kappa shape index (κ1) is 23.4. The number of rotatable bonds is 8. The van der Waals surface area contributed by atoms with E-state index in [4.69, 9.17) is 14.5 Å². The molecular formula is C30H29BrN2O2. The third-order valence-corrected chi connectivity index (χ3v) is 7.15. The van der Waals surface area contributed by atoms with Crippen molar-refractivity contribution < 1.29 is 9.47 Å². The Hall–Kier alpha value is -3.31. The quantitative estimate of drug-likeness (QED) is 0.238. The molecule has 3 atom stereocenters. The van der Waals surface area contributed by atoms with Gasteiger partial charge in [0.25, 0.3) is 0 Å². The highest BCUT2D eigenvalue weighted by atomic mass is 79.9. The first-order chi connectivity index (χ1) is 17.2. The van der Waals surface area contributed by atoms with Gasteiger partial charge in [-0.2, -0.15) is 0 Å². The molecule has 1 N–H and O–H groups in total. The zero-order chi connectivity index (χ0) is 24.2. The van der Waals surface area contributed by atoms with Crippen LogP contribution in [0.3, 0.4) is 0 Å². The van der Waals surface area contributed by atoms with Gasteiger partial charge < -0.3 is 14.8 Å². The summed E-state index contributed by atoms with van der Waals surface area (Å²) >= 11 is 3.60. The lowest BCUT2D eigenvalue weighted by atomic mass is 9.77. The molecule has 3 aromatic carbocycles. The number of hydrogen-bond acceptors (Lipinski definition) is 4. The molecule has 0 saturated carbocycles. The highest BCUT2D eigenvalue weighted by molar-refractivity contribution is 9.10. The minimum Gasteiger partial charge on any atom is -0.490 e. The predicted octanol–water partition coefficient (Wildman–Crippen LogP) is 7.99. The number of halogens is 1. The van der Waals surface area contributed by atoms with Crippen LogP contribution in [0.25, 0.3) is 0 Å². The Morgan fingerprint density at radius 1 is 1.11 bits per heavy atom. The van der Waals surface area contributed by atoms with Crippen molar-refractivity contribution in [2.24, 2.45) is 10.9 Å². The minimum absolute atomic E-state index is 0.288. The number of anilines is 1. The minimum atomic E-state index is 0.288. The number of benzene rings is 3. The second kappa shape index (κ2) is 10.5. The standard InChI is InChI=1S/C30H29BrN2O2/c1-3-16-35-30-26(31)17-20(18-28(30)34-4-2)19-32-22-14-12-21(13-15-22)29-25-10-7-9-23(25)24-8-5-6-11-27(24)33-29/h3,5-9,11-15,17-19,23,25,29,33H,1,4,10,16H2,2H3/t23-,25+,29-/m0/s1. The number of ether oxygens (including phenoxy) is 2. The molecule has 0 spiro atoms. The lowest BCUT2D eigenvalue weighted by Gasteiger charge is -2.37. The number of hydrogen-bond donors (Lipinski definition) is 1. The molecule has 0 unspecified atom stereocenters. The Morgan fingerprint density at radius 2 is 1.94 bits per heavy atom. The van der Waals surface area contributed by atoms with Crippen molar-refractivity contribution in [1.29, 1.82) is 0 Å². The van der Waals surface area contributed by atoms with E-state index < -0.39 is 0 Å². The molecule has 178 valence electrons. The fourth-order valence-electron chi connectivity index (χ4n) is 5.00. The maximum Gasteiger partial charge on any atom is 0.175 e. The molecule has 0 amide bonds. The molecule has 0 saturated heterocycles. The van der Waals surface area contributed by atoms with Gasteiger partial charge in [0.2, 0.25) is 0 Å². The summed E-state index contributed by atoms with van der Waals surface area (Å²) in [7, 11) is 0. The van der Waals surface area contributed by atoms with E-state index in [9.17, 15) is 0 Å². The molecule has 1 aliphatic heterocycles. The second-order valence-corrected chi connectivity index (χ2v) is 9.63. The van der Waals surface area contributed by atoms with Crippen LogP contribution in [0.4, 0.5) is 11.4 Å². The van der Waals surface area contributed by atoms with Gasteiger partial charge in [-0.25, -0.2) is 0 Å². The molecular weight excluding hydrogens is 500 g/mol. The van der Waals surface area contributed by atoms with Gasteiger partial charge in [-0.05, 0) is 82.2 Å². The maximum atomic E-state index is 5.79. The first-order valence-corrected chi connectivity index (χ1v) is 12.8. The molecule has 3 aromatic rings. The van der Waals surface area contributed by atoms with Crippen molar-refractivity contribution in [3.63, 3.8) is 0 Å². The fourth-order valence-corrected chi connectivity index (χ4v) is 5.57. The van der Waals surface area contributed by atoms with E-state index in [0.717, 1.165) is 22.1 Å². The van der Waals surface area contributed by atoms with Gasteiger partial charge in [-0.15, -0.1) is 0 Å². The average Bonchev–Trinajstić information content (AvgIpc) is 3.38. The Balaban J connectivity index is 1.34. The molecule has 0 radical (unpaired) electrons.